The van der Waals surface area contributed by atoms with Gasteiger partial charge in [-0.25, -0.2) is 0 Å². The molecule has 0 aromatic carbocycles. The van der Waals surface area contributed by atoms with E-state index in [1.165, 1.54) is 11.3 Å². The molecule has 2 N–H and O–H groups in total. The van der Waals surface area contributed by atoms with Crippen LogP contribution in [0, 0.1) is 0 Å². The summed E-state index contributed by atoms with van der Waals surface area (Å²) in [6.45, 7) is 1.52. The van der Waals surface area contributed by atoms with Gasteiger partial charge < -0.3 is 10.5 Å². The smallest absolute Gasteiger partial charge is 0.371 e. The van der Waals surface area contributed by atoms with E-state index in [-0.39, 0.29) is 12.6 Å². The minimum absolute atomic E-state index is 0.302. The quantitative estimate of drug-likeness (QED) is 0.835. The fourth-order valence-corrected chi connectivity index (χ4v) is 2.96. The third-order valence-corrected chi connectivity index (χ3v) is 4.10. The van der Waals surface area contributed by atoms with E-state index in [0.29, 0.717) is 6.42 Å². The molecule has 1 heterocycles. The Balaban J connectivity index is 2.62. The lowest BCUT2D eigenvalue weighted by Gasteiger charge is -2.22. The molecule has 18 heavy (non-hydrogen) atoms. The summed E-state index contributed by atoms with van der Waals surface area (Å²) in [6, 6.07) is 3.36. The molecule has 1 aromatic heterocycles. The van der Waals surface area contributed by atoms with Crippen molar-refractivity contribution in [1.29, 1.82) is 0 Å². The summed E-state index contributed by atoms with van der Waals surface area (Å²) in [5, 5.41) is 0. The highest BCUT2D eigenvalue weighted by atomic mass is 79.9. The highest BCUT2D eigenvalue weighted by molar-refractivity contribution is 9.11. The van der Waals surface area contributed by atoms with E-state index >= 15 is 0 Å². The first kappa shape index (κ1) is 15.9. The Kier molecular flexibility index (Phi) is 6.10. The van der Waals surface area contributed by atoms with Gasteiger partial charge in [-0.1, -0.05) is 6.92 Å². The molecule has 0 saturated heterocycles. The van der Waals surface area contributed by atoms with Crippen molar-refractivity contribution in [3.05, 3.63) is 20.8 Å². The minimum Gasteiger partial charge on any atom is -0.371 e. The molecule has 0 spiro atoms. The zero-order valence-corrected chi connectivity index (χ0v) is 12.2. The second-order valence-electron chi connectivity index (χ2n) is 3.87. The molecule has 1 aromatic rings. The number of alkyl halides is 3. The summed E-state index contributed by atoms with van der Waals surface area (Å²) in [5.41, 5.74) is 5.89. The Labute approximate surface area is 116 Å². The normalized spacial score (nSPS) is 15.7. The van der Waals surface area contributed by atoms with Crippen LogP contribution in [-0.4, -0.2) is 18.8 Å². The molecule has 0 saturated carbocycles. The Morgan fingerprint density at radius 2 is 2.11 bits per heavy atom. The average molecular weight is 346 g/mol. The Hall–Kier alpha value is -0.110. The second kappa shape index (κ2) is 6.88. The van der Waals surface area contributed by atoms with Crippen LogP contribution < -0.4 is 5.73 Å². The van der Waals surface area contributed by atoms with Crippen molar-refractivity contribution in [3.8, 4) is 0 Å². The van der Waals surface area contributed by atoms with Gasteiger partial charge in [0.05, 0.1) is 16.8 Å². The molecule has 2 unspecified atom stereocenters. The van der Waals surface area contributed by atoms with Crippen LogP contribution in [0.25, 0.3) is 0 Å². The highest BCUT2D eigenvalue weighted by Gasteiger charge is 2.28. The van der Waals surface area contributed by atoms with Crippen molar-refractivity contribution in [2.45, 2.75) is 38.1 Å². The molecule has 0 radical (unpaired) electrons. The van der Waals surface area contributed by atoms with Crippen molar-refractivity contribution in [1.82, 2.24) is 0 Å². The number of rotatable bonds is 6. The Morgan fingerprint density at radius 3 is 2.56 bits per heavy atom. The maximum absolute atomic E-state index is 12.1. The first-order valence-electron chi connectivity index (χ1n) is 5.52. The largest absolute Gasteiger partial charge is 0.391 e. The molecule has 0 aliphatic carbocycles. The van der Waals surface area contributed by atoms with Crippen LogP contribution in [0.15, 0.2) is 15.9 Å². The SMILES string of the molecule is CCC(N)C(OCCC(F)(F)F)c1ccc(Br)s1. The molecular formula is C11H15BrF3NOS. The van der Waals surface area contributed by atoms with E-state index in [0.717, 1.165) is 8.66 Å². The van der Waals surface area contributed by atoms with Crippen LogP contribution in [0.4, 0.5) is 13.2 Å². The van der Waals surface area contributed by atoms with Crippen molar-refractivity contribution in [2.75, 3.05) is 6.61 Å². The summed E-state index contributed by atoms with van der Waals surface area (Å²) < 4.78 is 42.5. The first-order chi connectivity index (χ1) is 8.33. The van der Waals surface area contributed by atoms with Gasteiger partial charge in [-0.3, -0.25) is 0 Å². The molecule has 2 atom stereocenters. The van der Waals surface area contributed by atoms with Crippen LogP contribution in [0.3, 0.4) is 0 Å². The van der Waals surface area contributed by atoms with Gasteiger partial charge in [0, 0.05) is 10.9 Å². The summed E-state index contributed by atoms with van der Waals surface area (Å²) in [4.78, 5) is 0.846. The van der Waals surface area contributed by atoms with Gasteiger partial charge in [-0.15, -0.1) is 11.3 Å². The third kappa shape index (κ3) is 5.26. The molecule has 0 fully saturated rings. The summed E-state index contributed by atoms with van der Waals surface area (Å²) in [6.07, 6.45) is -4.98. The van der Waals surface area contributed by atoms with Crippen LogP contribution in [0.5, 0.6) is 0 Å². The van der Waals surface area contributed by atoms with E-state index < -0.39 is 18.7 Å². The van der Waals surface area contributed by atoms with Crippen LogP contribution >= 0.6 is 27.3 Å². The fraction of sp³-hybridized carbons (Fsp3) is 0.636. The Morgan fingerprint density at radius 1 is 1.44 bits per heavy atom. The van der Waals surface area contributed by atoms with Gasteiger partial charge in [0.2, 0.25) is 0 Å². The fourth-order valence-electron chi connectivity index (χ4n) is 1.41. The maximum Gasteiger partial charge on any atom is 0.391 e. The van der Waals surface area contributed by atoms with Crippen LogP contribution in [-0.2, 0) is 4.74 Å². The van der Waals surface area contributed by atoms with Crippen molar-refractivity contribution < 1.29 is 17.9 Å². The molecule has 0 aliphatic rings. The topological polar surface area (TPSA) is 35.2 Å². The molecule has 0 amide bonds. The van der Waals surface area contributed by atoms with E-state index in [9.17, 15) is 13.2 Å². The average Bonchev–Trinajstić information content (AvgIpc) is 2.68. The lowest BCUT2D eigenvalue weighted by atomic mass is 10.1. The Bertz CT molecular complexity index is 369. The van der Waals surface area contributed by atoms with Gasteiger partial charge in [0.1, 0.15) is 6.10 Å². The zero-order valence-electron chi connectivity index (χ0n) is 9.84. The summed E-state index contributed by atoms with van der Waals surface area (Å²) in [5.74, 6) is 0. The third-order valence-electron chi connectivity index (χ3n) is 2.42. The molecule has 2 nitrogen and oxygen atoms in total. The maximum atomic E-state index is 12.1. The minimum atomic E-state index is -4.20. The van der Waals surface area contributed by atoms with Crippen molar-refractivity contribution in [3.63, 3.8) is 0 Å². The molecule has 104 valence electrons. The van der Waals surface area contributed by atoms with E-state index in [1.54, 1.807) is 0 Å². The van der Waals surface area contributed by atoms with Crippen LogP contribution in [0.1, 0.15) is 30.7 Å². The molecule has 0 aliphatic heterocycles. The molecule has 1 rings (SSSR count). The van der Waals surface area contributed by atoms with Gasteiger partial charge in [-0.05, 0) is 34.5 Å². The number of halogens is 4. The summed E-state index contributed by atoms with van der Waals surface area (Å²) >= 11 is 4.74. The first-order valence-corrected chi connectivity index (χ1v) is 7.13. The van der Waals surface area contributed by atoms with Gasteiger partial charge in [0.15, 0.2) is 0 Å². The van der Waals surface area contributed by atoms with E-state index in [4.69, 9.17) is 10.5 Å². The van der Waals surface area contributed by atoms with E-state index in [1.807, 2.05) is 19.1 Å². The molecule has 7 heteroatoms. The van der Waals surface area contributed by atoms with Gasteiger partial charge in [-0.2, -0.15) is 13.2 Å². The van der Waals surface area contributed by atoms with Gasteiger partial charge >= 0.3 is 6.18 Å². The van der Waals surface area contributed by atoms with Crippen LogP contribution in [0.2, 0.25) is 0 Å². The predicted molar refractivity (Wildman–Crippen MR) is 69.7 cm³/mol. The monoisotopic (exact) mass is 345 g/mol. The zero-order chi connectivity index (χ0) is 13.8. The lowest BCUT2D eigenvalue weighted by molar-refractivity contribution is -0.150. The molecule has 0 bridgehead atoms. The highest BCUT2D eigenvalue weighted by Crippen LogP contribution is 2.32. The molecular weight excluding hydrogens is 331 g/mol. The number of hydrogen-bond donors (Lipinski definition) is 1. The second-order valence-corrected chi connectivity index (χ2v) is 6.37. The standard InChI is InChI=1S/C11H15BrF3NOS/c1-2-7(16)10(8-3-4-9(12)18-8)17-6-5-11(13,14)15/h3-4,7,10H,2,5-6,16H2,1H3. The summed E-state index contributed by atoms with van der Waals surface area (Å²) in [7, 11) is 0. The van der Waals surface area contributed by atoms with E-state index in [2.05, 4.69) is 15.9 Å². The van der Waals surface area contributed by atoms with Gasteiger partial charge in [0.25, 0.3) is 0 Å². The predicted octanol–water partition coefficient (Wildman–Crippen LogP) is 4.26. The number of ether oxygens (including phenoxy) is 1. The number of hydrogen-bond acceptors (Lipinski definition) is 3. The number of nitrogens with two attached hydrogens (primary N) is 1. The lowest BCUT2D eigenvalue weighted by Crippen LogP contribution is -2.30. The number of thiophene rings is 1. The van der Waals surface area contributed by atoms with Crippen molar-refractivity contribution >= 4 is 27.3 Å². The van der Waals surface area contributed by atoms with Crippen molar-refractivity contribution in [2.24, 2.45) is 5.73 Å².